The van der Waals surface area contributed by atoms with Crippen molar-refractivity contribution in [3.63, 3.8) is 0 Å². The van der Waals surface area contributed by atoms with Crippen LogP contribution in [0.5, 0.6) is 11.5 Å². The molecule has 0 spiro atoms. The molecule has 0 aromatic heterocycles. The van der Waals surface area contributed by atoms with Gasteiger partial charge < -0.3 is 19.5 Å². The predicted molar refractivity (Wildman–Crippen MR) is 112 cm³/mol. The summed E-state index contributed by atoms with van der Waals surface area (Å²) in [5.41, 5.74) is 2.57. The van der Waals surface area contributed by atoms with Crippen molar-refractivity contribution in [2.45, 2.75) is 13.2 Å². The lowest BCUT2D eigenvalue weighted by Gasteiger charge is -2.12. The number of methoxy groups -OCH3 is 1. The fourth-order valence-electron chi connectivity index (χ4n) is 2.78. The van der Waals surface area contributed by atoms with E-state index in [4.69, 9.17) is 14.2 Å². The van der Waals surface area contributed by atoms with Crippen molar-refractivity contribution in [3.05, 3.63) is 95.6 Å². The standard InChI is InChI=1S/C24H25NO4/c1-27-14-15-28-23-13-6-5-12-22(23)24(26)25-17-20-10-7-11-21(16-20)29-18-19-8-3-2-4-9-19/h2-13,16H,14-15,17-18H2,1H3,(H,25,26). The van der Waals surface area contributed by atoms with E-state index in [2.05, 4.69) is 5.32 Å². The first kappa shape index (κ1) is 20.4. The summed E-state index contributed by atoms with van der Waals surface area (Å²) in [5.74, 6) is 1.12. The van der Waals surface area contributed by atoms with Crippen LogP contribution in [0.4, 0.5) is 0 Å². The van der Waals surface area contributed by atoms with Crippen LogP contribution in [0.3, 0.4) is 0 Å². The molecule has 0 bridgehead atoms. The number of hydrogen-bond donors (Lipinski definition) is 1. The highest BCUT2D eigenvalue weighted by atomic mass is 16.5. The van der Waals surface area contributed by atoms with Crippen LogP contribution in [-0.2, 0) is 17.9 Å². The normalized spacial score (nSPS) is 10.4. The number of nitrogens with one attached hydrogen (secondary N) is 1. The monoisotopic (exact) mass is 391 g/mol. The van der Waals surface area contributed by atoms with Gasteiger partial charge in [0, 0.05) is 13.7 Å². The Balaban J connectivity index is 1.56. The maximum absolute atomic E-state index is 12.6. The number of carbonyl (C=O) groups excluding carboxylic acids is 1. The van der Waals surface area contributed by atoms with Crippen molar-refractivity contribution >= 4 is 5.91 Å². The highest BCUT2D eigenvalue weighted by molar-refractivity contribution is 5.96. The first-order valence-corrected chi connectivity index (χ1v) is 9.51. The molecule has 0 fully saturated rings. The maximum atomic E-state index is 12.6. The molecule has 3 rings (SSSR count). The van der Waals surface area contributed by atoms with Gasteiger partial charge in [0.25, 0.3) is 5.91 Å². The van der Waals surface area contributed by atoms with Crippen LogP contribution < -0.4 is 14.8 Å². The summed E-state index contributed by atoms with van der Waals surface area (Å²) in [6.07, 6.45) is 0. The minimum absolute atomic E-state index is 0.186. The summed E-state index contributed by atoms with van der Waals surface area (Å²) in [6.45, 7) is 1.75. The summed E-state index contributed by atoms with van der Waals surface area (Å²) in [4.78, 5) is 12.6. The molecule has 0 saturated heterocycles. The van der Waals surface area contributed by atoms with Crippen LogP contribution in [0.25, 0.3) is 0 Å². The van der Waals surface area contributed by atoms with Gasteiger partial charge in [-0.1, -0.05) is 54.6 Å². The third-order valence-electron chi connectivity index (χ3n) is 4.28. The minimum Gasteiger partial charge on any atom is -0.490 e. The van der Waals surface area contributed by atoms with Gasteiger partial charge in [-0.2, -0.15) is 0 Å². The average Bonchev–Trinajstić information content (AvgIpc) is 2.77. The zero-order valence-electron chi connectivity index (χ0n) is 16.5. The summed E-state index contributed by atoms with van der Waals surface area (Å²) in [6, 6.07) is 24.9. The van der Waals surface area contributed by atoms with Crippen LogP contribution in [0.1, 0.15) is 21.5 Å². The Hall–Kier alpha value is -3.31. The van der Waals surface area contributed by atoms with Gasteiger partial charge in [-0.15, -0.1) is 0 Å². The lowest BCUT2D eigenvalue weighted by molar-refractivity contribution is 0.0943. The summed E-state index contributed by atoms with van der Waals surface area (Å²) < 4.78 is 16.5. The molecule has 5 nitrogen and oxygen atoms in total. The Kier molecular flexibility index (Phi) is 7.66. The van der Waals surface area contributed by atoms with Crippen LogP contribution in [-0.4, -0.2) is 26.2 Å². The molecular formula is C24H25NO4. The second kappa shape index (κ2) is 10.9. The van der Waals surface area contributed by atoms with Crippen molar-refractivity contribution in [2.75, 3.05) is 20.3 Å². The number of amides is 1. The summed E-state index contributed by atoms with van der Waals surface area (Å²) >= 11 is 0. The van der Waals surface area contributed by atoms with E-state index in [-0.39, 0.29) is 5.91 Å². The topological polar surface area (TPSA) is 56.8 Å². The zero-order chi connectivity index (χ0) is 20.3. The van der Waals surface area contributed by atoms with E-state index < -0.39 is 0 Å². The Bertz CT molecular complexity index is 912. The average molecular weight is 391 g/mol. The van der Waals surface area contributed by atoms with E-state index in [0.717, 1.165) is 16.9 Å². The summed E-state index contributed by atoms with van der Waals surface area (Å²) in [5, 5.41) is 2.94. The molecule has 3 aromatic carbocycles. The molecule has 3 aromatic rings. The molecule has 0 radical (unpaired) electrons. The molecule has 0 aliphatic carbocycles. The molecule has 0 heterocycles. The van der Waals surface area contributed by atoms with Gasteiger partial charge in [0.2, 0.25) is 0 Å². The number of hydrogen-bond acceptors (Lipinski definition) is 4. The van der Waals surface area contributed by atoms with Gasteiger partial charge in [-0.05, 0) is 35.4 Å². The first-order valence-electron chi connectivity index (χ1n) is 9.51. The largest absolute Gasteiger partial charge is 0.490 e. The number of para-hydroxylation sites is 1. The highest BCUT2D eigenvalue weighted by Crippen LogP contribution is 2.19. The molecule has 5 heteroatoms. The van der Waals surface area contributed by atoms with E-state index >= 15 is 0 Å². The fraction of sp³-hybridized carbons (Fsp3) is 0.208. The fourth-order valence-corrected chi connectivity index (χ4v) is 2.78. The van der Waals surface area contributed by atoms with Crippen LogP contribution in [0, 0.1) is 0 Å². The molecular weight excluding hydrogens is 366 g/mol. The molecule has 0 atom stereocenters. The SMILES string of the molecule is COCCOc1ccccc1C(=O)NCc1cccc(OCc2ccccc2)c1. The molecule has 0 aliphatic rings. The van der Waals surface area contributed by atoms with Gasteiger partial charge in [0.1, 0.15) is 24.7 Å². The first-order chi connectivity index (χ1) is 14.3. The number of ether oxygens (including phenoxy) is 3. The molecule has 1 amide bonds. The van der Waals surface area contributed by atoms with Crippen LogP contribution in [0.2, 0.25) is 0 Å². The number of rotatable bonds is 10. The van der Waals surface area contributed by atoms with Gasteiger partial charge in [-0.3, -0.25) is 4.79 Å². The maximum Gasteiger partial charge on any atom is 0.255 e. The Morgan fingerprint density at radius 2 is 1.59 bits per heavy atom. The third-order valence-corrected chi connectivity index (χ3v) is 4.28. The molecule has 29 heavy (non-hydrogen) atoms. The lowest BCUT2D eigenvalue weighted by atomic mass is 10.1. The van der Waals surface area contributed by atoms with Gasteiger partial charge in [-0.25, -0.2) is 0 Å². The van der Waals surface area contributed by atoms with Crippen molar-refractivity contribution in [2.24, 2.45) is 0 Å². The van der Waals surface area contributed by atoms with Crippen LogP contribution in [0.15, 0.2) is 78.9 Å². The van der Waals surface area contributed by atoms with Crippen molar-refractivity contribution in [1.29, 1.82) is 0 Å². The Morgan fingerprint density at radius 3 is 2.41 bits per heavy atom. The van der Waals surface area contributed by atoms with Gasteiger partial charge >= 0.3 is 0 Å². The number of benzene rings is 3. The molecule has 150 valence electrons. The smallest absolute Gasteiger partial charge is 0.255 e. The van der Waals surface area contributed by atoms with Crippen LogP contribution >= 0.6 is 0 Å². The van der Waals surface area contributed by atoms with E-state index in [1.165, 1.54) is 0 Å². The second-order valence-corrected chi connectivity index (χ2v) is 6.44. The molecule has 0 aliphatic heterocycles. The predicted octanol–water partition coefficient (Wildman–Crippen LogP) is 4.22. The van der Waals surface area contributed by atoms with Gasteiger partial charge in [0.15, 0.2) is 0 Å². The van der Waals surface area contributed by atoms with Crippen molar-refractivity contribution in [1.82, 2.24) is 5.32 Å². The summed E-state index contributed by atoms with van der Waals surface area (Å²) in [7, 11) is 1.61. The van der Waals surface area contributed by atoms with E-state index in [1.807, 2.05) is 66.7 Å². The lowest BCUT2D eigenvalue weighted by Crippen LogP contribution is -2.23. The van der Waals surface area contributed by atoms with E-state index in [9.17, 15) is 4.79 Å². The van der Waals surface area contributed by atoms with Crippen molar-refractivity contribution < 1.29 is 19.0 Å². The molecule has 0 unspecified atom stereocenters. The third kappa shape index (κ3) is 6.36. The minimum atomic E-state index is -0.186. The zero-order valence-corrected chi connectivity index (χ0v) is 16.5. The molecule has 0 saturated carbocycles. The van der Waals surface area contributed by atoms with Crippen molar-refractivity contribution in [3.8, 4) is 11.5 Å². The van der Waals surface area contributed by atoms with Gasteiger partial charge in [0.05, 0.1) is 12.2 Å². The highest BCUT2D eigenvalue weighted by Gasteiger charge is 2.12. The Morgan fingerprint density at radius 1 is 0.828 bits per heavy atom. The Labute approximate surface area is 171 Å². The number of carbonyl (C=O) groups is 1. The van der Waals surface area contributed by atoms with E-state index in [1.54, 1.807) is 19.2 Å². The second-order valence-electron chi connectivity index (χ2n) is 6.44. The molecule has 1 N–H and O–H groups in total. The van der Waals surface area contributed by atoms with E-state index in [0.29, 0.717) is 37.7 Å². The quantitative estimate of drug-likeness (QED) is 0.526.